The molecule has 0 aromatic heterocycles. The zero-order valence-corrected chi connectivity index (χ0v) is 12.7. The molecule has 0 aliphatic heterocycles. The molecule has 0 aliphatic carbocycles. The van der Waals surface area contributed by atoms with E-state index in [-0.39, 0.29) is 0 Å². The number of primary amides is 1. The first-order valence-electron chi connectivity index (χ1n) is 7.46. The number of carbonyl (C=O) groups is 1. The molecule has 0 unspecified atom stereocenters. The van der Waals surface area contributed by atoms with Gasteiger partial charge < -0.3 is 11.5 Å². The number of nitrogens with two attached hydrogens (primary N) is 2. The Morgan fingerprint density at radius 2 is 1.43 bits per heavy atom. The summed E-state index contributed by atoms with van der Waals surface area (Å²) < 4.78 is 0. The Hall–Kier alpha value is -2.91. The molecular weight excluding hydrogens is 284 g/mol. The summed E-state index contributed by atoms with van der Waals surface area (Å²) in [4.78, 5) is 11.2. The predicted octanol–water partition coefficient (Wildman–Crippen LogP) is 3.57. The molecule has 3 rings (SSSR count). The van der Waals surface area contributed by atoms with Crippen molar-refractivity contribution in [3.05, 3.63) is 82.9 Å². The van der Waals surface area contributed by atoms with Crippen LogP contribution in [0.25, 0.3) is 22.9 Å². The largest absolute Gasteiger partial charge is 0.366 e. The van der Waals surface area contributed by atoms with Gasteiger partial charge in [0.05, 0.1) is 0 Å². The average Bonchev–Trinajstić information content (AvgIpc) is 2.59. The molecule has 114 valence electrons. The van der Waals surface area contributed by atoms with Gasteiger partial charge in [0.15, 0.2) is 0 Å². The van der Waals surface area contributed by atoms with Gasteiger partial charge in [-0.3, -0.25) is 4.79 Å². The summed E-state index contributed by atoms with van der Waals surface area (Å²) in [6.45, 7) is 0.557. The maximum absolute atomic E-state index is 11.2. The standard InChI is InChI=1S/C20H18N2O/c21-13-16-5-2-14(3-6-16)1-4-15-7-8-18-12-19(20(22)23)10-9-17(18)11-15/h1-12H,13,21H2,(H2,22,23)/b4-1+. The molecule has 0 spiro atoms. The molecule has 3 aromatic carbocycles. The first-order valence-corrected chi connectivity index (χ1v) is 7.46. The number of amides is 1. The van der Waals surface area contributed by atoms with Crippen LogP contribution < -0.4 is 11.5 Å². The minimum Gasteiger partial charge on any atom is -0.366 e. The van der Waals surface area contributed by atoms with Crippen LogP contribution in [0.5, 0.6) is 0 Å². The minimum absolute atomic E-state index is 0.406. The minimum atomic E-state index is -0.406. The molecule has 0 saturated carbocycles. The van der Waals surface area contributed by atoms with Crippen molar-refractivity contribution in [2.45, 2.75) is 6.54 Å². The quantitative estimate of drug-likeness (QED) is 0.723. The van der Waals surface area contributed by atoms with Gasteiger partial charge in [0.25, 0.3) is 0 Å². The van der Waals surface area contributed by atoms with E-state index in [1.54, 1.807) is 6.07 Å². The van der Waals surface area contributed by atoms with Crippen LogP contribution in [0.3, 0.4) is 0 Å². The fourth-order valence-corrected chi connectivity index (χ4v) is 2.48. The lowest BCUT2D eigenvalue weighted by Gasteiger charge is -2.02. The Morgan fingerprint density at radius 3 is 2.13 bits per heavy atom. The molecule has 3 heteroatoms. The fraction of sp³-hybridized carbons (Fsp3) is 0.0500. The predicted molar refractivity (Wildman–Crippen MR) is 95.7 cm³/mol. The third-order valence-electron chi connectivity index (χ3n) is 3.83. The fourth-order valence-electron chi connectivity index (χ4n) is 2.48. The molecule has 3 nitrogen and oxygen atoms in total. The summed E-state index contributed by atoms with van der Waals surface area (Å²) in [6, 6.07) is 19.8. The van der Waals surface area contributed by atoms with Crippen molar-refractivity contribution in [1.29, 1.82) is 0 Å². The Balaban J connectivity index is 1.86. The van der Waals surface area contributed by atoms with Crippen LogP contribution in [0.1, 0.15) is 27.0 Å². The molecule has 0 fully saturated rings. The number of hydrogen-bond donors (Lipinski definition) is 2. The zero-order valence-electron chi connectivity index (χ0n) is 12.7. The maximum atomic E-state index is 11.2. The van der Waals surface area contributed by atoms with E-state index in [4.69, 9.17) is 11.5 Å². The highest BCUT2D eigenvalue weighted by Gasteiger charge is 2.01. The van der Waals surface area contributed by atoms with Gasteiger partial charge in [-0.15, -0.1) is 0 Å². The zero-order chi connectivity index (χ0) is 16.2. The second-order valence-electron chi connectivity index (χ2n) is 5.46. The SMILES string of the molecule is NCc1ccc(/C=C/c2ccc3cc(C(N)=O)ccc3c2)cc1. The van der Waals surface area contributed by atoms with Crippen LogP contribution >= 0.6 is 0 Å². The first kappa shape index (κ1) is 15.0. The van der Waals surface area contributed by atoms with E-state index in [9.17, 15) is 4.79 Å². The van der Waals surface area contributed by atoms with Crippen LogP contribution in [-0.2, 0) is 6.54 Å². The van der Waals surface area contributed by atoms with Gasteiger partial charge >= 0.3 is 0 Å². The Labute approximate surface area is 135 Å². The van der Waals surface area contributed by atoms with E-state index in [2.05, 4.69) is 30.4 Å². The molecule has 4 N–H and O–H groups in total. The van der Waals surface area contributed by atoms with Crippen LogP contribution in [0.4, 0.5) is 0 Å². The summed E-state index contributed by atoms with van der Waals surface area (Å²) in [7, 11) is 0. The normalized spacial score (nSPS) is 11.2. The summed E-state index contributed by atoms with van der Waals surface area (Å²) in [5, 5.41) is 2.08. The van der Waals surface area contributed by atoms with Crippen LogP contribution in [-0.4, -0.2) is 5.91 Å². The van der Waals surface area contributed by atoms with Crippen LogP contribution in [0, 0.1) is 0 Å². The third-order valence-corrected chi connectivity index (χ3v) is 3.83. The Morgan fingerprint density at radius 1 is 0.826 bits per heavy atom. The van der Waals surface area contributed by atoms with Crippen molar-refractivity contribution < 1.29 is 4.79 Å². The van der Waals surface area contributed by atoms with Crippen LogP contribution in [0.2, 0.25) is 0 Å². The topological polar surface area (TPSA) is 69.1 Å². The van der Waals surface area contributed by atoms with E-state index >= 15 is 0 Å². The maximum Gasteiger partial charge on any atom is 0.248 e. The van der Waals surface area contributed by atoms with E-state index < -0.39 is 5.91 Å². The van der Waals surface area contributed by atoms with Gasteiger partial charge in [-0.25, -0.2) is 0 Å². The monoisotopic (exact) mass is 302 g/mol. The van der Waals surface area contributed by atoms with E-state index in [1.807, 2.05) is 36.4 Å². The van der Waals surface area contributed by atoms with Crippen molar-refractivity contribution in [1.82, 2.24) is 0 Å². The van der Waals surface area contributed by atoms with E-state index in [0.29, 0.717) is 12.1 Å². The molecule has 0 saturated heterocycles. The highest BCUT2D eigenvalue weighted by Crippen LogP contribution is 2.19. The van der Waals surface area contributed by atoms with Crippen molar-refractivity contribution >= 4 is 28.8 Å². The van der Waals surface area contributed by atoms with Gasteiger partial charge in [-0.2, -0.15) is 0 Å². The summed E-state index contributed by atoms with van der Waals surface area (Å²) in [6.07, 6.45) is 4.14. The van der Waals surface area contributed by atoms with Gasteiger partial charge in [0.2, 0.25) is 5.91 Å². The lowest BCUT2D eigenvalue weighted by atomic mass is 10.0. The molecule has 0 heterocycles. The van der Waals surface area contributed by atoms with E-state index in [0.717, 1.165) is 27.5 Å². The lowest BCUT2D eigenvalue weighted by Crippen LogP contribution is -2.10. The van der Waals surface area contributed by atoms with Gasteiger partial charge in [-0.1, -0.05) is 54.6 Å². The molecule has 0 aliphatic rings. The smallest absolute Gasteiger partial charge is 0.248 e. The molecular formula is C20H18N2O. The van der Waals surface area contributed by atoms with Crippen molar-refractivity contribution in [2.24, 2.45) is 11.5 Å². The summed E-state index contributed by atoms with van der Waals surface area (Å²) in [5.74, 6) is -0.406. The van der Waals surface area contributed by atoms with Crippen molar-refractivity contribution in [3.63, 3.8) is 0 Å². The number of fused-ring (bicyclic) bond motifs is 1. The van der Waals surface area contributed by atoms with Gasteiger partial charge in [-0.05, 0) is 45.7 Å². The third kappa shape index (κ3) is 3.47. The van der Waals surface area contributed by atoms with E-state index in [1.165, 1.54) is 0 Å². The molecule has 1 amide bonds. The molecule has 3 aromatic rings. The Bertz CT molecular complexity index is 880. The molecule has 0 radical (unpaired) electrons. The number of carbonyl (C=O) groups excluding carboxylic acids is 1. The second-order valence-corrected chi connectivity index (χ2v) is 5.46. The van der Waals surface area contributed by atoms with Crippen molar-refractivity contribution in [3.8, 4) is 0 Å². The molecule has 23 heavy (non-hydrogen) atoms. The average molecular weight is 302 g/mol. The number of rotatable bonds is 4. The first-order chi connectivity index (χ1) is 11.2. The Kier molecular flexibility index (Phi) is 4.22. The van der Waals surface area contributed by atoms with Gasteiger partial charge in [0, 0.05) is 12.1 Å². The number of hydrogen-bond acceptors (Lipinski definition) is 2. The highest BCUT2D eigenvalue weighted by molar-refractivity contribution is 5.98. The summed E-state index contributed by atoms with van der Waals surface area (Å²) >= 11 is 0. The molecule has 0 bridgehead atoms. The van der Waals surface area contributed by atoms with Gasteiger partial charge in [0.1, 0.15) is 0 Å². The molecule has 0 atom stereocenters. The number of benzene rings is 3. The highest BCUT2D eigenvalue weighted by atomic mass is 16.1. The van der Waals surface area contributed by atoms with Crippen molar-refractivity contribution in [2.75, 3.05) is 0 Å². The second kappa shape index (κ2) is 6.46. The summed E-state index contributed by atoms with van der Waals surface area (Å²) in [5.41, 5.74) is 14.8. The lowest BCUT2D eigenvalue weighted by molar-refractivity contribution is 0.100. The van der Waals surface area contributed by atoms with Crippen LogP contribution in [0.15, 0.2) is 60.7 Å².